The summed E-state index contributed by atoms with van der Waals surface area (Å²) in [5, 5.41) is 6.32. The van der Waals surface area contributed by atoms with Crippen LogP contribution in [0.25, 0.3) is 10.9 Å². The number of fused-ring (bicyclic) bond motifs is 1. The van der Waals surface area contributed by atoms with E-state index in [1.807, 2.05) is 18.2 Å². The van der Waals surface area contributed by atoms with E-state index in [9.17, 15) is 9.59 Å². The number of nitrogens with zero attached hydrogens (tertiary/aromatic N) is 1. The van der Waals surface area contributed by atoms with Gasteiger partial charge in [0.25, 0.3) is 0 Å². The Hall–Kier alpha value is -5.19. The first-order valence-corrected chi connectivity index (χ1v) is 15.3. The predicted octanol–water partition coefficient (Wildman–Crippen LogP) is 6.67. The number of hydrogen-bond acceptors (Lipinski definition) is 9. The molecule has 1 heterocycles. The lowest BCUT2D eigenvalue weighted by molar-refractivity contribution is -0.145. The number of urea groups is 1. The van der Waals surface area contributed by atoms with Gasteiger partial charge < -0.3 is 39.1 Å². The maximum Gasteiger partial charge on any atom is 0.329 e. The van der Waals surface area contributed by atoms with Crippen molar-refractivity contribution in [3.05, 3.63) is 72.4 Å². The molecule has 0 radical (unpaired) electrons. The van der Waals surface area contributed by atoms with Gasteiger partial charge in [-0.3, -0.25) is 4.98 Å². The molecule has 46 heavy (non-hydrogen) atoms. The number of amides is 2. The first-order chi connectivity index (χ1) is 22.4. The van der Waals surface area contributed by atoms with Gasteiger partial charge in [0.05, 0.1) is 39.6 Å². The van der Waals surface area contributed by atoms with E-state index in [2.05, 4.69) is 15.6 Å². The summed E-state index contributed by atoms with van der Waals surface area (Å²) >= 11 is 0. The highest BCUT2D eigenvalue weighted by Crippen LogP contribution is 2.37. The fourth-order valence-corrected chi connectivity index (χ4v) is 5.39. The topological polar surface area (TPSA) is 126 Å². The van der Waals surface area contributed by atoms with Gasteiger partial charge in [0.15, 0.2) is 23.0 Å². The summed E-state index contributed by atoms with van der Waals surface area (Å²) in [6.07, 6.45) is 6.23. The van der Waals surface area contributed by atoms with Crippen molar-refractivity contribution < 1.29 is 38.0 Å². The van der Waals surface area contributed by atoms with Crippen LogP contribution in [0.5, 0.6) is 34.5 Å². The zero-order valence-electron chi connectivity index (χ0n) is 26.5. The van der Waals surface area contributed by atoms with Crippen molar-refractivity contribution in [1.82, 2.24) is 10.3 Å². The summed E-state index contributed by atoms with van der Waals surface area (Å²) < 4.78 is 33.9. The molecule has 1 atom stereocenters. The molecule has 3 aromatic carbocycles. The number of rotatable bonds is 13. The molecule has 0 bridgehead atoms. The van der Waals surface area contributed by atoms with Gasteiger partial charge in [-0.05, 0) is 74.6 Å². The molecule has 2 N–H and O–H groups in total. The summed E-state index contributed by atoms with van der Waals surface area (Å²) in [6.45, 7) is 1.90. The fourth-order valence-electron chi connectivity index (χ4n) is 5.39. The van der Waals surface area contributed by atoms with Crippen molar-refractivity contribution in [2.75, 3.05) is 33.3 Å². The standard InChI is InChI=1S/C35H39N3O8/c1-5-44-34(39)28(38-35(40)37-23-12-15-30(41-2)33(19-23)46-24-8-6-7-9-24)18-22-10-13-25(14-11-22)45-29-16-17-36-27-21-32(43-4)31(42-3)20-26(27)29/h10-17,19-21,24,28H,5-9,18H2,1-4H3,(H2,37,38,40). The van der Waals surface area contributed by atoms with Gasteiger partial charge in [-0.2, -0.15) is 0 Å². The second kappa shape index (κ2) is 15.2. The van der Waals surface area contributed by atoms with Crippen molar-refractivity contribution in [2.45, 2.75) is 51.2 Å². The molecule has 4 aromatic rings. The maximum atomic E-state index is 13.0. The second-order valence-corrected chi connectivity index (χ2v) is 10.8. The van der Waals surface area contributed by atoms with E-state index < -0.39 is 18.0 Å². The number of anilines is 1. The van der Waals surface area contributed by atoms with E-state index in [-0.39, 0.29) is 19.1 Å². The van der Waals surface area contributed by atoms with Crippen LogP contribution in [0.15, 0.2) is 66.9 Å². The van der Waals surface area contributed by atoms with Crippen LogP contribution < -0.4 is 34.3 Å². The zero-order chi connectivity index (χ0) is 32.5. The summed E-state index contributed by atoms with van der Waals surface area (Å²) in [4.78, 5) is 30.3. The Morgan fingerprint density at radius 2 is 1.57 bits per heavy atom. The molecule has 0 aliphatic heterocycles. The number of benzene rings is 3. The lowest BCUT2D eigenvalue weighted by Gasteiger charge is -2.19. The Morgan fingerprint density at radius 1 is 0.848 bits per heavy atom. The quantitative estimate of drug-likeness (QED) is 0.156. The number of esters is 1. The van der Waals surface area contributed by atoms with E-state index in [1.165, 1.54) is 0 Å². The van der Waals surface area contributed by atoms with Crippen LogP contribution in [-0.2, 0) is 16.0 Å². The molecule has 1 unspecified atom stereocenters. The van der Waals surface area contributed by atoms with Gasteiger partial charge in [0.2, 0.25) is 0 Å². The number of ether oxygens (including phenoxy) is 6. The molecule has 1 aliphatic rings. The van der Waals surface area contributed by atoms with Crippen molar-refractivity contribution in [2.24, 2.45) is 0 Å². The Labute approximate surface area is 268 Å². The monoisotopic (exact) mass is 629 g/mol. The minimum Gasteiger partial charge on any atom is -0.493 e. The van der Waals surface area contributed by atoms with E-state index in [0.29, 0.717) is 45.7 Å². The lowest BCUT2D eigenvalue weighted by atomic mass is 10.1. The van der Waals surface area contributed by atoms with Crippen molar-refractivity contribution in [1.29, 1.82) is 0 Å². The Bertz CT molecular complexity index is 1650. The number of pyridine rings is 1. The molecule has 1 aromatic heterocycles. The summed E-state index contributed by atoms with van der Waals surface area (Å²) in [6, 6.07) is 16.4. The van der Waals surface area contributed by atoms with Crippen LogP contribution in [0.4, 0.5) is 10.5 Å². The number of nitrogens with one attached hydrogen (secondary N) is 2. The van der Waals surface area contributed by atoms with Gasteiger partial charge in [-0.1, -0.05) is 12.1 Å². The number of hydrogen-bond donors (Lipinski definition) is 2. The zero-order valence-corrected chi connectivity index (χ0v) is 26.5. The largest absolute Gasteiger partial charge is 0.493 e. The Kier molecular flexibility index (Phi) is 10.6. The van der Waals surface area contributed by atoms with Crippen molar-refractivity contribution in [3.63, 3.8) is 0 Å². The summed E-state index contributed by atoms with van der Waals surface area (Å²) in [5.41, 5.74) is 2.00. The van der Waals surface area contributed by atoms with E-state index >= 15 is 0 Å². The molecule has 1 aliphatic carbocycles. The van der Waals surface area contributed by atoms with Crippen molar-refractivity contribution >= 4 is 28.6 Å². The SMILES string of the molecule is CCOC(=O)C(Cc1ccc(Oc2ccnc3cc(OC)c(OC)cc23)cc1)NC(=O)Nc1ccc(OC)c(OC2CCCC2)c1. The van der Waals surface area contributed by atoms with E-state index in [0.717, 1.165) is 36.6 Å². The molecule has 0 spiro atoms. The molecule has 11 heteroatoms. The third-order valence-corrected chi connectivity index (χ3v) is 7.69. The highest BCUT2D eigenvalue weighted by molar-refractivity contribution is 5.93. The molecule has 1 saturated carbocycles. The Balaban J connectivity index is 1.26. The normalized spacial score (nSPS) is 13.5. The van der Waals surface area contributed by atoms with Crippen LogP contribution in [0, 0.1) is 0 Å². The first kappa shape index (κ1) is 32.2. The number of methoxy groups -OCH3 is 3. The van der Waals surface area contributed by atoms with Gasteiger partial charge in [0, 0.05) is 35.8 Å². The summed E-state index contributed by atoms with van der Waals surface area (Å²) in [7, 11) is 4.72. The average molecular weight is 630 g/mol. The molecule has 1 fully saturated rings. The molecule has 11 nitrogen and oxygen atoms in total. The van der Waals surface area contributed by atoms with Crippen LogP contribution in [0.3, 0.4) is 0 Å². The van der Waals surface area contributed by atoms with Crippen LogP contribution >= 0.6 is 0 Å². The number of aromatic nitrogens is 1. The minimum absolute atomic E-state index is 0.125. The van der Waals surface area contributed by atoms with Crippen LogP contribution in [0.1, 0.15) is 38.2 Å². The molecule has 5 rings (SSSR count). The van der Waals surface area contributed by atoms with Gasteiger partial charge >= 0.3 is 12.0 Å². The lowest BCUT2D eigenvalue weighted by Crippen LogP contribution is -2.45. The van der Waals surface area contributed by atoms with Crippen LogP contribution in [-0.4, -0.2) is 57.1 Å². The minimum atomic E-state index is -0.925. The average Bonchev–Trinajstić information content (AvgIpc) is 3.58. The molecular formula is C35H39N3O8. The van der Waals surface area contributed by atoms with Gasteiger partial charge in [-0.15, -0.1) is 0 Å². The first-order valence-electron chi connectivity index (χ1n) is 15.3. The number of carbonyl (C=O) groups excluding carboxylic acids is 2. The Morgan fingerprint density at radius 3 is 2.26 bits per heavy atom. The second-order valence-electron chi connectivity index (χ2n) is 10.8. The third-order valence-electron chi connectivity index (χ3n) is 7.69. The fraction of sp³-hybridized carbons (Fsp3) is 0.343. The van der Waals surface area contributed by atoms with E-state index in [1.54, 1.807) is 76.9 Å². The van der Waals surface area contributed by atoms with Crippen molar-refractivity contribution in [3.8, 4) is 34.5 Å². The molecule has 2 amide bonds. The molecule has 0 saturated heterocycles. The van der Waals surface area contributed by atoms with Gasteiger partial charge in [0.1, 0.15) is 17.5 Å². The summed E-state index contributed by atoms with van der Waals surface area (Å²) in [5.74, 6) is 2.93. The highest BCUT2D eigenvalue weighted by Gasteiger charge is 2.24. The maximum absolute atomic E-state index is 13.0. The van der Waals surface area contributed by atoms with Gasteiger partial charge in [-0.25, -0.2) is 9.59 Å². The third kappa shape index (κ3) is 7.90. The predicted molar refractivity (Wildman–Crippen MR) is 174 cm³/mol. The smallest absolute Gasteiger partial charge is 0.329 e. The number of carbonyl (C=O) groups is 2. The van der Waals surface area contributed by atoms with E-state index in [4.69, 9.17) is 28.4 Å². The molecule has 242 valence electrons. The molecular weight excluding hydrogens is 590 g/mol. The van der Waals surface area contributed by atoms with Crippen LogP contribution in [0.2, 0.25) is 0 Å². The highest BCUT2D eigenvalue weighted by atomic mass is 16.5.